The summed E-state index contributed by atoms with van der Waals surface area (Å²) in [4.78, 5) is 32.0. The molecule has 114 valence electrons. The average molecular weight is 330 g/mol. The number of carboxylic acid groups (broad SMARTS) is 1. The molecule has 0 saturated carbocycles. The van der Waals surface area contributed by atoms with Gasteiger partial charge in [0, 0.05) is 11.7 Å². The molecule has 6 nitrogen and oxygen atoms in total. The number of carboxylic acids is 1. The van der Waals surface area contributed by atoms with Gasteiger partial charge < -0.3 is 10.4 Å². The first-order valence-electron chi connectivity index (χ1n) is 6.52. The number of carbonyl (C=O) groups is 2. The lowest BCUT2D eigenvalue weighted by Crippen LogP contribution is -2.55. The van der Waals surface area contributed by atoms with E-state index in [1.165, 1.54) is 18.0 Å². The van der Waals surface area contributed by atoms with Crippen molar-refractivity contribution in [2.75, 3.05) is 11.5 Å². The largest absolute Gasteiger partial charge is 0.479 e. The van der Waals surface area contributed by atoms with E-state index in [9.17, 15) is 14.7 Å². The zero-order valence-electron chi connectivity index (χ0n) is 11.7. The Labute approximate surface area is 131 Å². The second-order valence-electron chi connectivity index (χ2n) is 5.22. The van der Waals surface area contributed by atoms with Gasteiger partial charge in [-0.15, -0.1) is 0 Å². The molecule has 8 heteroatoms. The number of nitrogens with zero attached hydrogens (tertiary/aromatic N) is 2. The lowest BCUT2D eigenvalue weighted by molar-refractivity contribution is -0.143. The third-order valence-corrected chi connectivity index (χ3v) is 4.74. The molecular weight excluding hydrogens is 314 g/mol. The summed E-state index contributed by atoms with van der Waals surface area (Å²) in [6.45, 7) is 3.80. The Balaban J connectivity index is 2.28. The molecule has 0 aliphatic carbocycles. The highest BCUT2D eigenvalue weighted by Crippen LogP contribution is 2.29. The smallest absolute Gasteiger partial charge is 0.330 e. The molecular formula is C13H16ClN3O3S. The Morgan fingerprint density at radius 3 is 2.76 bits per heavy atom. The van der Waals surface area contributed by atoms with Crippen LogP contribution in [0.25, 0.3) is 0 Å². The number of thioether (sulfide) groups is 1. The zero-order valence-corrected chi connectivity index (χ0v) is 13.3. The van der Waals surface area contributed by atoms with Gasteiger partial charge in [-0.3, -0.25) is 4.79 Å². The number of halogens is 1. The Morgan fingerprint density at radius 2 is 2.24 bits per heavy atom. The van der Waals surface area contributed by atoms with Crippen LogP contribution < -0.4 is 5.32 Å². The van der Waals surface area contributed by atoms with Crippen molar-refractivity contribution in [2.45, 2.75) is 31.7 Å². The molecule has 1 saturated heterocycles. The topological polar surface area (TPSA) is 92.2 Å². The van der Waals surface area contributed by atoms with E-state index in [0.717, 1.165) is 0 Å². The quantitative estimate of drug-likeness (QED) is 0.877. The van der Waals surface area contributed by atoms with Crippen LogP contribution in [-0.2, 0) is 4.79 Å². The Hall–Kier alpha value is -1.34. The molecule has 1 atom stereocenters. The molecule has 2 rings (SSSR count). The first-order valence-corrected chi connectivity index (χ1v) is 8.05. The third kappa shape index (κ3) is 3.29. The maximum atomic E-state index is 12.3. The number of aliphatic carboxylic acids is 1. The van der Waals surface area contributed by atoms with E-state index in [1.54, 1.807) is 0 Å². The van der Waals surface area contributed by atoms with Gasteiger partial charge in [-0.1, -0.05) is 25.4 Å². The summed E-state index contributed by atoms with van der Waals surface area (Å²) in [7, 11) is 0. The summed E-state index contributed by atoms with van der Waals surface area (Å²) < 4.78 is 0. The minimum atomic E-state index is -1.24. The average Bonchev–Trinajstić information content (AvgIpc) is 2.88. The first kappa shape index (κ1) is 16.0. The van der Waals surface area contributed by atoms with Crippen molar-refractivity contribution in [1.29, 1.82) is 0 Å². The fourth-order valence-electron chi connectivity index (χ4n) is 1.98. The number of nitrogens with one attached hydrogen (secondary N) is 1. The molecule has 1 amide bonds. The van der Waals surface area contributed by atoms with Crippen LogP contribution >= 0.6 is 23.4 Å². The van der Waals surface area contributed by atoms with Crippen LogP contribution in [0.4, 0.5) is 0 Å². The molecule has 0 bridgehead atoms. The van der Waals surface area contributed by atoms with Crippen molar-refractivity contribution < 1.29 is 14.7 Å². The van der Waals surface area contributed by atoms with Gasteiger partial charge in [-0.05, 0) is 12.2 Å². The summed E-state index contributed by atoms with van der Waals surface area (Å²) >= 11 is 7.47. The lowest BCUT2D eigenvalue weighted by atomic mass is 9.99. The molecule has 2 heterocycles. The number of hydrogen-bond acceptors (Lipinski definition) is 5. The number of amides is 1. The standard InChI is InChI=1S/C13H16ClN3O3S/c1-7(2)10-15-5-8(14)9(16-10)11(18)17-13(12(19)20)3-4-21-6-13/h5,7H,3-4,6H2,1-2H3,(H,17,18)(H,19,20)/t13-/m0/s1. The molecule has 21 heavy (non-hydrogen) atoms. The Bertz CT molecular complexity index is 574. The number of rotatable bonds is 4. The van der Waals surface area contributed by atoms with Crippen molar-refractivity contribution in [3.8, 4) is 0 Å². The fraction of sp³-hybridized carbons (Fsp3) is 0.538. The van der Waals surface area contributed by atoms with Crippen LogP contribution in [0.1, 0.15) is 42.5 Å². The molecule has 0 aromatic carbocycles. The van der Waals surface area contributed by atoms with Crippen LogP contribution in [0.3, 0.4) is 0 Å². The van der Waals surface area contributed by atoms with Crippen molar-refractivity contribution in [3.05, 3.63) is 22.7 Å². The minimum Gasteiger partial charge on any atom is -0.479 e. The highest BCUT2D eigenvalue weighted by atomic mass is 35.5. The predicted octanol–water partition coefficient (Wildman–Crippen LogP) is 1.94. The van der Waals surface area contributed by atoms with Gasteiger partial charge in [0.15, 0.2) is 0 Å². The van der Waals surface area contributed by atoms with Crippen LogP contribution in [0.5, 0.6) is 0 Å². The van der Waals surface area contributed by atoms with Gasteiger partial charge in [-0.2, -0.15) is 11.8 Å². The fourth-order valence-corrected chi connectivity index (χ4v) is 3.48. The van der Waals surface area contributed by atoms with Crippen molar-refractivity contribution >= 4 is 35.2 Å². The van der Waals surface area contributed by atoms with E-state index in [-0.39, 0.29) is 16.6 Å². The van der Waals surface area contributed by atoms with Crippen LogP contribution in [0, 0.1) is 0 Å². The van der Waals surface area contributed by atoms with Crippen molar-refractivity contribution in [1.82, 2.24) is 15.3 Å². The maximum Gasteiger partial charge on any atom is 0.330 e. The minimum absolute atomic E-state index is 0.0212. The van der Waals surface area contributed by atoms with Crippen LogP contribution in [0.15, 0.2) is 6.20 Å². The van der Waals surface area contributed by atoms with E-state index >= 15 is 0 Å². The van der Waals surface area contributed by atoms with Crippen LogP contribution in [-0.4, -0.2) is 44.0 Å². The molecule has 0 unspecified atom stereocenters. The van der Waals surface area contributed by atoms with E-state index in [4.69, 9.17) is 11.6 Å². The number of hydrogen-bond donors (Lipinski definition) is 2. The predicted molar refractivity (Wildman–Crippen MR) is 80.9 cm³/mol. The van der Waals surface area contributed by atoms with Gasteiger partial charge in [0.05, 0.1) is 11.2 Å². The van der Waals surface area contributed by atoms with Crippen molar-refractivity contribution in [3.63, 3.8) is 0 Å². The molecule has 1 aliphatic rings. The Kier molecular flexibility index (Phi) is 4.73. The van der Waals surface area contributed by atoms with E-state index < -0.39 is 17.4 Å². The van der Waals surface area contributed by atoms with Gasteiger partial charge in [-0.25, -0.2) is 14.8 Å². The third-order valence-electron chi connectivity index (χ3n) is 3.28. The summed E-state index contributed by atoms with van der Waals surface area (Å²) in [6, 6.07) is 0. The monoisotopic (exact) mass is 329 g/mol. The molecule has 1 fully saturated rings. The summed E-state index contributed by atoms with van der Waals surface area (Å²) in [5, 5.41) is 12.1. The second-order valence-corrected chi connectivity index (χ2v) is 6.74. The summed E-state index contributed by atoms with van der Waals surface area (Å²) in [5.74, 6) is -0.0295. The van der Waals surface area contributed by atoms with Crippen LogP contribution in [0.2, 0.25) is 5.02 Å². The zero-order chi connectivity index (χ0) is 15.6. The van der Waals surface area contributed by atoms with Crippen molar-refractivity contribution in [2.24, 2.45) is 0 Å². The van der Waals surface area contributed by atoms with Gasteiger partial charge in [0.2, 0.25) is 0 Å². The Morgan fingerprint density at radius 1 is 1.52 bits per heavy atom. The van der Waals surface area contributed by atoms with E-state index in [2.05, 4.69) is 15.3 Å². The molecule has 1 aliphatic heterocycles. The molecule has 1 aromatic rings. The van der Waals surface area contributed by atoms with E-state index in [1.807, 2.05) is 13.8 Å². The summed E-state index contributed by atoms with van der Waals surface area (Å²) in [6.07, 6.45) is 1.76. The molecule has 1 aromatic heterocycles. The van der Waals surface area contributed by atoms with Gasteiger partial charge >= 0.3 is 5.97 Å². The SMILES string of the molecule is CC(C)c1ncc(Cl)c(C(=O)N[C@@]2(C(=O)O)CCSC2)n1. The highest BCUT2D eigenvalue weighted by molar-refractivity contribution is 7.99. The van der Waals surface area contributed by atoms with Gasteiger partial charge in [0.1, 0.15) is 17.1 Å². The first-order chi connectivity index (χ1) is 9.85. The normalized spacial score (nSPS) is 21.5. The number of aromatic nitrogens is 2. The lowest BCUT2D eigenvalue weighted by Gasteiger charge is -2.24. The maximum absolute atomic E-state index is 12.3. The second kappa shape index (κ2) is 6.19. The van der Waals surface area contributed by atoms with E-state index in [0.29, 0.717) is 23.8 Å². The number of carbonyl (C=O) groups excluding carboxylic acids is 1. The molecule has 0 spiro atoms. The highest BCUT2D eigenvalue weighted by Gasteiger charge is 2.43. The van der Waals surface area contributed by atoms with Gasteiger partial charge in [0.25, 0.3) is 5.91 Å². The summed E-state index contributed by atoms with van der Waals surface area (Å²) in [5.41, 5.74) is -1.22. The molecule has 2 N–H and O–H groups in total. The molecule has 0 radical (unpaired) electrons.